The Bertz CT molecular complexity index is 772. The molecule has 23 heavy (non-hydrogen) atoms. The van der Waals surface area contributed by atoms with E-state index >= 15 is 0 Å². The second-order valence-electron chi connectivity index (χ2n) is 6.11. The van der Waals surface area contributed by atoms with Gasteiger partial charge in [-0.3, -0.25) is 4.79 Å². The molecule has 0 aliphatic heterocycles. The summed E-state index contributed by atoms with van der Waals surface area (Å²) in [5, 5.41) is 3.92. The van der Waals surface area contributed by atoms with Crippen molar-refractivity contribution in [3.63, 3.8) is 0 Å². The van der Waals surface area contributed by atoms with E-state index in [9.17, 15) is 4.79 Å². The zero-order valence-corrected chi connectivity index (χ0v) is 13.2. The molecule has 1 aromatic carbocycles. The van der Waals surface area contributed by atoms with Crippen molar-refractivity contribution in [3.8, 4) is 0 Å². The van der Waals surface area contributed by atoms with Gasteiger partial charge in [-0.05, 0) is 26.0 Å². The molecule has 0 bridgehead atoms. The number of nitrogens with one attached hydrogen (secondary N) is 2. The monoisotopic (exact) mass is 312 g/mol. The fourth-order valence-corrected chi connectivity index (χ4v) is 2.51. The lowest BCUT2D eigenvalue weighted by molar-refractivity contribution is -0.124. The van der Waals surface area contributed by atoms with E-state index in [-0.39, 0.29) is 5.91 Å². The summed E-state index contributed by atoms with van der Waals surface area (Å²) in [6.07, 6.45) is 3.71. The van der Waals surface area contributed by atoms with Gasteiger partial charge >= 0.3 is 0 Å². The van der Waals surface area contributed by atoms with Crippen LogP contribution in [0.25, 0.3) is 11.0 Å². The normalized spacial score (nSPS) is 13.2. The van der Waals surface area contributed by atoms with Crippen molar-refractivity contribution < 1.29 is 9.21 Å². The van der Waals surface area contributed by atoms with Crippen molar-refractivity contribution in [1.82, 2.24) is 15.3 Å². The first-order valence-corrected chi connectivity index (χ1v) is 7.50. The standard InChI is InChI=1S/C17H20N4O2/c1-17(2,16-19-7-8-20-16)21-15(22)13(18)10-12-9-11-5-3-4-6-14(11)23-12/h3-9,13H,10,18H2,1-2H3,(H,19,20)(H,21,22). The maximum Gasteiger partial charge on any atom is 0.238 e. The number of nitrogens with two attached hydrogens (primary N) is 1. The zero-order valence-electron chi connectivity index (χ0n) is 13.2. The third-order valence-corrected chi connectivity index (χ3v) is 3.76. The third kappa shape index (κ3) is 3.27. The Kier molecular flexibility index (Phi) is 3.92. The van der Waals surface area contributed by atoms with Crippen LogP contribution >= 0.6 is 0 Å². The van der Waals surface area contributed by atoms with Gasteiger partial charge in [0.2, 0.25) is 5.91 Å². The number of amides is 1. The van der Waals surface area contributed by atoms with Gasteiger partial charge in [0.25, 0.3) is 0 Å². The first-order chi connectivity index (χ1) is 11.0. The van der Waals surface area contributed by atoms with Gasteiger partial charge in [0, 0.05) is 24.2 Å². The number of nitrogens with zero attached hydrogens (tertiary/aromatic N) is 1. The maximum atomic E-state index is 12.4. The average Bonchev–Trinajstić information content (AvgIpc) is 3.16. The number of benzene rings is 1. The highest BCUT2D eigenvalue weighted by Gasteiger charge is 2.28. The average molecular weight is 312 g/mol. The van der Waals surface area contributed by atoms with Gasteiger partial charge in [-0.1, -0.05) is 18.2 Å². The number of carbonyl (C=O) groups excluding carboxylic acids is 1. The zero-order chi connectivity index (χ0) is 16.4. The number of para-hydroxylation sites is 1. The minimum Gasteiger partial charge on any atom is -0.461 e. The van der Waals surface area contributed by atoms with Gasteiger partial charge in [0.05, 0.1) is 11.6 Å². The Morgan fingerprint density at radius 3 is 2.91 bits per heavy atom. The Morgan fingerprint density at radius 1 is 1.43 bits per heavy atom. The van der Waals surface area contributed by atoms with E-state index in [1.165, 1.54) is 0 Å². The fraction of sp³-hybridized carbons (Fsp3) is 0.294. The van der Waals surface area contributed by atoms with Crippen LogP contribution in [0.1, 0.15) is 25.4 Å². The number of hydrogen-bond acceptors (Lipinski definition) is 4. The van der Waals surface area contributed by atoms with Crippen molar-refractivity contribution in [2.24, 2.45) is 5.73 Å². The van der Waals surface area contributed by atoms with Gasteiger partial charge in [-0.15, -0.1) is 0 Å². The fourth-order valence-electron chi connectivity index (χ4n) is 2.51. The molecule has 0 aliphatic rings. The van der Waals surface area contributed by atoms with Crippen LogP contribution in [0.2, 0.25) is 0 Å². The second-order valence-corrected chi connectivity index (χ2v) is 6.11. The lowest BCUT2D eigenvalue weighted by atomic mass is 10.0. The second kappa shape index (κ2) is 5.89. The van der Waals surface area contributed by atoms with Crippen LogP contribution in [0.4, 0.5) is 0 Å². The van der Waals surface area contributed by atoms with Crippen LogP contribution in [0.3, 0.4) is 0 Å². The van der Waals surface area contributed by atoms with Gasteiger partial charge < -0.3 is 20.5 Å². The van der Waals surface area contributed by atoms with Crippen LogP contribution < -0.4 is 11.1 Å². The van der Waals surface area contributed by atoms with E-state index in [0.29, 0.717) is 18.0 Å². The molecular formula is C17H20N4O2. The van der Waals surface area contributed by atoms with Crippen molar-refractivity contribution >= 4 is 16.9 Å². The minimum atomic E-state index is -0.690. The molecule has 0 saturated heterocycles. The maximum absolute atomic E-state index is 12.4. The van der Waals surface area contributed by atoms with E-state index in [0.717, 1.165) is 11.0 Å². The van der Waals surface area contributed by atoms with Crippen LogP contribution in [-0.2, 0) is 16.8 Å². The summed E-state index contributed by atoms with van der Waals surface area (Å²) < 4.78 is 5.71. The Hall–Kier alpha value is -2.60. The molecular weight excluding hydrogens is 292 g/mol. The van der Waals surface area contributed by atoms with E-state index in [4.69, 9.17) is 10.2 Å². The summed E-state index contributed by atoms with van der Waals surface area (Å²) in [5.74, 6) is 1.14. The third-order valence-electron chi connectivity index (χ3n) is 3.76. The summed E-state index contributed by atoms with van der Waals surface area (Å²) in [6.45, 7) is 3.75. The summed E-state index contributed by atoms with van der Waals surface area (Å²) in [4.78, 5) is 19.5. The summed E-state index contributed by atoms with van der Waals surface area (Å²) in [5.41, 5.74) is 6.21. The SMILES string of the molecule is CC(C)(NC(=O)C(N)Cc1cc2ccccc2o1)c1ncc[nH]1. The number of imidazole rings is 1. The molecule has 0 aliphatic carbocycles. The molecule has 1 amide bonds. The molecule has 6 heteroatoms. The van der Waals surface area contributed by atoms with Crippen molar-refractivity contribution in [1.29, 1.82) is 0 Å². The molecule has 1 unspecified atom stereocenters. The van der Waals surface area contributed by atoms with Gasteiger partial charge in [0.15, 0.2) is 0 Å². The smallest absolute Gasteiger partial charge is 0.238 e. The number of fused-ring (bicyclic) bond motifs is 1. The molecule has 1 atom stereocenters. The molecule has 0 saturated carbocycles. The molecule has 3 rings (SSSR count). The molecule has 3 aromatic rings. The first kappa shape index (κ1) is 15.3. The predicted octanol–water partition coefficient (Wildman–Crippen LogP) is 2.08. The lowest BCUT2D eigenvalue weighted by Gasteiger charge is -2.25. The highest BCUT2D eigenvalue weighted by molar-refractivity contribution is 5.83. The van der Waals surface area contributed by atoms with Crippen molar-refractivity contribution in [2.75, 3.05) is 0 Å². The van der Waals surface area contributed by atoms with Crippen molar-refractivity contribution in [2.45, 2.75) is 31.8 Å². The largest absolute Gasteiger partial charge is 0.461 e. The summed E-state index contributed by atoms with van der Waals surface area (Å²) in [6, 6.07) is 8.94. The number of hydrogen-bond donors (Lipinski definition) is 3. The molecule has 0 spiro atoms. The summed E-state index contributed by atoms with van der Waals surface area (Å²) >= 11 is 0. The van der Waals surface area contributed by atoms with Crippen LogP contribution in [-0.4, -0.2) is 21.9 Å². The molecule has 2 heterocycles. The number of H-pyrrole nitrogens is 1. The quantitative estimate of drug-likeness (QED) is 0.672. The Morgan fingerprint density at radius 2 is 2.22 bits per heavy atom. The van der Waals surface area contributed by atoms with Crippen LogP contribution in [0, 0.1) is 0 Å². The highest BCUT2D eigenvalue weighted by Crippen LogP contribution is 2.20. The number of aromatic nitrogens is 2. The van der Waals surface area contributed by atoms with E-state index < -0.39 is 11.6 Å². The number of furan rings is 1. The molecule has 4 N–H and O–H groups in total. The number of rotatable bonds is 5. The molecule has 2 aromatic heterocycles. The van der Waals surface area contributed by atoms with E-state index in [1.807, 2.05) is 44.2 Å². The van der Waals surface area contributed by atoms with Gasteiger partial charge in [-0.2, -0.15) is 0 Å². The van der Waals surface area contributed by atoms with Crippen molar-refractivity contribution in [3.05, 3.63) is 54.3 Å². The summed E-state index contributed by atoms with van der Waals surface area (Å²) in [7, 11) is 0. The minimum absolute atomic E-state index is 0.244. The predicted molar refractivity (Wildman–Crippen MR) is 87.6 cm³/mol. The lowest BCUT2D eigenvalue weighted by Crippen LogP contribution is -2.50. The van der Waals surface area contributed by atoms with E-state index in [1.54, 1.807) is 12.4 Å². The van der Waals surface area contributed by atoms with Crippen LogP contribution in [0.5, 0.6) is 0 Å². The van der Waals surface area contributed by atoms with Crippen LogP contribution in [0.15, 0.2) is 47.1 Å². The van der Waals surface area contributed by atoms with Gasteiger partial charge in [0.1, 0.15) is 17.2 Å². The number of carbonyl (C=O) groups is 1. The molecule has 0 fully saturated rings. The van der Waals surface area contributed by atoms with E-state index in [2.05, 4.69) is 15.3 Å². The topological polar surface area (TPSA) is 96.9 Å². The number of aromatic amines is 1. The Labute approximate surface area is 134 Å². The molecule has 120 valence electrons. The molecule has 0 radical (unpaired) electrons. The van der Waals surface area contributed by atoms with Gasteiger partial charge in [-0.25, -0.2) is 4.98 Å². The molecule has 6 nitrogen and oxygen atoms in total. The first-order valence-electron chi connectivity index (χ1n) is 7.50. The highest BCUT2D eigenvalue weighted by atomic mass is 16.3. The Balaban J connectivity index is 1.67.